The highest BCUT2D eigenvalue weighted by atomic mass is 16.5. The summed E-state index contributed by atoms with van der Waals surface area (Å²) in [5.74, 6) is -0.0124. The van der Waals surface area contributed by atoms with Crippen LogP contribution >= 0.6 is 0 Å². The van der Waals surface area contributed by atoms with Crippen LogP contribution in [-0.4, -0.2) is 51.2 Å². The number of likely N-dealkylation sites (tertiary alicyclic amines) is 1. The van der Waals surface area contributed by atoms with Crippen molar-refractivity contribution < 1.29 is 14.9 Å². The van der Waals surface area contributed by atoms with E-state index in [0.29, 0.717) is 19.6 Å². The van der Waals surface area contributed by atoms with Gasteiger partial charge in [0.15, 0.2) is 0 Å². The first-order valence-corrected chi connectivity index (χ1v) is 12.2. The van der Waals surface area contributed by atoms with Gasteiger partial charge in [-0.2, -0.15) is 0 Å². The molecule has 0 saturated carbocycles. The molecule has 34 heavy (non-hydrogen) atoms. The number of nitrogens with zero attached hydrogens (tertiary/aromatic N) is 2. The van der Waals surface area contributed by atoms with Crippen molar-refractivity contribution in [1.29, 1.82) is 0 Å². The molecule has 186 valence electrons. The number of piperidine rings is 1. The van der Waals surface area contributed by atoms with Crippen LogP contribution in [0, 0.1) is 13.8 Å². The van der Waals surface area contributed by atoms with Crippen molar-refractivity contribution in [2.24, 2.45) is 0 Å². The van der Waals surface area contributed by atoms with Crippen LogP contribution in [0.15, 0.2) is 54.9 Å². The molecule has 0 atom stereocenters. The Bertz CT molecular complexity index is 942. The quantitative estimate of drug-likeness (QED) is 0.453. The first kappa shape index (κ1) is 26.1. The van der Waals surface area contributed by atoms with Crippen molar-refractivity contribution in [3.63, 3.8) is 0 Å². The van der Waals surface area contributed by atoms with Gasteiger partial charge in [-0.25, -0.2) is 0 Å². The molecule has 6 nitrogen and oxygen atoms in total. The second kappa shape index (κ2) is 11.3. The molecular weight excluding hydrogens is 426 g/mol. The van der Waals surface area contributed by atoms with Gasteiger partial charge in [-0.15, -0.1) is 0 Å². The van der Waals surface area contributed by atoms with Crippen LogP contribution in [0.2, 0.25) is 0 Å². The van der Waals surface area contributed by atoms with Gasteiger partial charge in [0.25, 0.3) is 0 Å². The van der Waals surface area contributed by atoms with E-state index in [1.807, 2.05) is 26.0 Å². The van der Waals surface area contributed by atoms with Gasteiger partial charge in [0, 0.05) is 39.1 Å². The smallest absolute Gasteiger partial charge is 0.221 e. The van der Waals surface area contributed by atoms with Crippen molar-refractivity contribution in [2.45, 2.75) is 78.6 Å². The molecule has 0 aromatic heterocycles. The zero-order valence-corrected chi connectivity index (χ0v) is 21.3. The molecule has 0 amide bonds. The fourth-order valence-corrected chi connectivity index (χ4v) is 4.52. The van der Waals surface area contributed by atoms with Gasteiger partial charge in [0.2, 0.25) is 5.91 Å². The number of benzene rings is 2. The van der Waals surface area contributed by atoms with Gasteiger partial charge in [-0.1, -0.05) is 42.5 Å². The third-order valence-electron chi connectivity index (χ3n) is 6.48. The third-order valence-corrected chi connectivity index (χ3v) is 6.48. The Kier molecular flexibility index (Phi) is 8.63. The highest BCUT2D eigenvalue weighted by molar-refractivity contribution is 5.31. The van der Waals surface area contributed by atoms with E-state index in [0.717, 1.165) is 36.5 Å². The van der Waals surface area contributed by atoms with Crippen molar-refractivity contribution in [2.75, 3.05) is 13.1 Å². The van der Waals surface area contributed by atoms with Gasteiger partial charge in [0.05, 0.1) is 11.9 Å². The van der Waals surface area contributed by atoms with E-state index in [1.165, 1.54) is 23.6 Å². The molecule has 1 aliphatic rings. The Hall–Kier alpha value is -2.54. The average Bonchev–Trinajstić information content (AvgIpc) is 2.77. The molecule has 3 rings (SSSR count). The SMILES string of the molecule is C=C(NCc1ccc(OC(C)C)cc1)N(Cc1ccc(C)cc1C)C1CCN(C(C)(O)O)CC1. The first-order valence-electron chi connectivity index (χ1n) is 12.2. The monoisotopic (exact) mass is 467 g/mol. The lowest BCUT2D eigenvalue weighted by molar-refractivity contribution is -0.256. The summed E-state index contributed by atoms with van der Waals surface area (Å²) in [4.78, 5) is 4.06. The molecule has 6 heteroatoms. The lowest BCUT2D eigenvalue weighted by Gasteiger charge is -2.43. The largest absolute Gasteiger partial charge is 0.491 e. The van der Waals surface area contributed by atoms with Crippen LogP contribution in [0.5, 0.6) is 5.75 Å². The number of hydrogen-bond donors (Lipinski definition) is 3. The third kappa shape index (κ3) is 7.23. The molecule has 0 aliphatic carbocycles. The van der Waals surface area contributed by atoms with E-state index in [1.54, 1.807) is 4.90 Å². The number of rotatable bonds is 10. The summed E-state index contributed by atoms with van der Waals surface area (Å²) >= 11 is 0. The van der Waals surface area contributed by atoms with Crippen LogP contribution in [0.1, 0.15) is 55.9 Å². The van der Waals surface area contributed by atoms with Crippen LogP contribution in [0.4, 0.5) is 0 Å². The fraction of sp³-hybridized carbons (Fsp3) is 0.500. The van der Waals surface area contributed by atoms with E-state index in [-0.39, 0.29) is 12.1 Å². The second-order valence-corrected chi connectivity index (χ2v) is 9.86. The Morgan fingerprint density at radius 1 is 1.15 bits per heavy atom. The summed E-state index contributed by atoms with van der Waals surface area (Å²) in [6, 6.07) is 15.0. The van der Waals surface area contributed by atoms with Gasteiger partial charge in [-0.3, -0.25) is 4.90 Å². The molecular formula is C28H41N3O3. The topological polar surface area (TPSA) is 68.2 Å². The maximum Gasteiger partial charge on any atom is 0.221 e. The number of ether oxygens (including phenoxy) is 1. The fourth-order valence-electron chi connectivity index (χ4n) is 4.52. The molecule has 0 unspecified atom stereocenters. The summed E-state index contributed by atoms with van der Waals surface area (Å²) in [7, 11) is 0. The van der Waals surface area contributed by atoms with Gasteiger partial charge in [-0.05, 0) is 69.4 Å². The molecule has 1 fully saturated rings. The lowest BCUT2D eigenvalue weighted by atomic mass is 10.00. The van der Waals surface area contributed by atoms with Gasteiger partial charge < -0.3 is 25.2 Å². The van der Waals surface area contributed by atoms with E-state index in [4.69, 9.17) is 4.74 Å². The number of hydrogen-bond acceptors (Lipinski definition) is 6. The Morgan fingerprint density at radius 2 is 1.79 bits per heavy atom. The van der Waals surface area contributed by atoms with E-state index in [9.17, 15) is 10.2 Å². The number of aliphatic hydroxyl groups is 2. The predicted molar refractivity (Wildman–Crippen MR) is 137 cm³/mol. The maximum absolute atomic E-state index is 9.98. The summed E-state index contributed by atoms with van der Waals surface area (Å²) in [5, 5.41) is 23.5. The first-order chi connectivity index (χ1) is 16.0. The standard InChI is InChI=1S/C28H41N3O3/c1-20(2)34-27-11-8-24(9-12-27)18-29-23(5)31(19-25-10-7-21(3)17-22(25)4)26-13-15-30(16-14-26)28(6,32)33/h7-12,17,20,26,29,32-33H,5,13-16,18-19H2,1-4,6H3. The minimum Gasteiger partial charge on any atom is -0.491 e. The zero-order chi connectivity index (χ0) is 24.9. The van der Waals surface area contributed by atoms with Crippen molar-refractivity contribution in [3.8, 4) is 5.75 Å². The summed E-state index contributed by atoms with van der Waals surface area (Å²) < 4.78 is 5.75. The van der Waals surface area contributed by atoms with Crippen LogP contribution < -0.4 is 10.1 Å². The van der Waals surface area contributed by atoms with Crippen LogP contribution in [0.3, 0.4) is 0 Å². The molecule has 0 spiro atoms. The Morgan fingerprint density at radius 3 is 2.35 bits per heavy atom. The normalized spacial score (nSPS) is 15.4. The second-order valence-electron chi connectivity index (χ2n) is 9.86. The van der Waals surface area contributed by atoms with E-state index >= 15 is 0 Å². The minimum absolute atomic E-state index is 0.156. The van der Waals surface area contributed by atoms with E-state index in [2.05, 4.69) is 61.0 Å². The molecule has 3 N–H and O–H groups in total. The van der Waals surface area contributed by atoms with Crippen LogP contribution in [0.25, 0.3) is 0 Å². The molecule has 1 saturated heterocycles. The lowest BCUT2D eigenvalue weighted by Crippen LogP contribution is -2.53. The summed E-state index contributed by atoms with van der Waals surface area (Å²) in [6.07, 6.45) is 1.83. The average molecular weight is 468 g/mol. The molecule has 0 bridgehead atoms. The number of aryl methyl sites for hydroxylation is 2. The van der Waals surface area contributed by atoms with Crippen molar-refractivity contribution >= 4 is 0 Å². The Labute approximate surface area is 204 Å². The molecule has 1 aliphatic heterocycles. The van der Waals surface area contributed by atoms with Crippen LogP contribution in [-0.2, 0) is 13.1 Å². The maximum atomic E-state index is 9.98. The molecule has 2 aromatic rings. The van der Waals surface area contributed by atoms with Crippen molar-refractivity contribution in [3.05, 3.63) is 77.1 Å². The minimum atomic E-state index is -1.77. The van der Waals surface area contributed by atoms with Gasteiger partial charge in [0.1, 0.15) is 5.75 Å². The predicted octanol–water partition coefficient (Wildman–Crippen LogP) is 4.28. The number of nitrogens with one attached hydrogen (secondary N) is 1. The zero-order valence-electron chi connectivity index (χ0n) is 21.3. The van der Waals surface area contributed by atoms with Crippen molar-refractivity contribution in [1.82, 2.24) is 15.1 Å². The molecule has 1 heterocycles. The highest BCUT2D eigenvalue weighted by Crippen LogP contribution is 2.26. The Balaban J connectivity index is 1.70. The van der Waals surface area contributed by atoms with Gasteiger partial charge >= 0.3 is 0 Å². The molecule has 2 aromatic carbocycles. The summed E-state index contributed by atoms with van der Waals surface area (Å²) in [5.41, 5.74) is 4.97. The summed E-state index contributed by atoms with van der Waals surface area (Å²) in [6.45, 7) is 16.8. The van der Waals surface area contributed by atoms with E-state index < -0.39 is 5.91 Å². The highest BCUT2D eigenvalue weighted by Gasteiger charge is 2.33. The molecule has 0 radical (unpaired) electrons.